The van der Waals surface area contributed by atoms with Gasteiger partial charge in [0.15, 0.2) is 0 Å². The molecule has 0 saturated carbocycles. The number of benzene rings is 2. The highest BCUT2D eigenvalue weighted by molar-refractivity contribution is 7.89. The molecule has 162 valence electrons. The van der Waals surface area contributed by atoms with Crippen LogP contribution in [0.15, 0.2) is 47.4 Å². The van der Waals surface area contributed by atoms with Gasteiger partial charge in [-0.3, -0.25) is 4.79 Å². The van der Waals surface area contributed by atoms with Crippen molar-refractivity contribution in [3.8, 4) is 5.75 Å². The van der Waals surface area contributed by atoms with Crippen molar-refractivity contribution >= 4 is 44.8 Å². The Hall–Kier alpha value is -2.00. The topological polar surface area (TPSA) is 78.9 Å². The number of nitrogens with zero attached hydrogens (tertiary/aromatic N) is 2. The zero-order valence-corrected chi connectivity index (χ0v) is 19.0. The molecule has 0 radical (unpaired) electrons. The number of amides is 1. The number of anilines is 1. The van der Waals surface area contributed by atoms with E-state index in [2.05, 4.69) is 9.62 Å². The normalized spacial score (nSPS) is 15.7. The standard InChI is InChI=1S/C20H23Cl2N3O4S/c1-14(23-30(27,28)19-13-16(22)6-7-18(19)29-2)20(26)25-10-8-24(9-11-25)17-5-3-4-15(21)12-17/h3-7,12-14,23H,8-11H2,1-2H3/t14-/m1/s1. The summed E-state index contributed by atoms with van der Waals surface area (Å²) in [6.45, 7) is 3.76. The fraction of sp³-hybridized carbons (Fsp3) is 0.350. The third kappa shape index (κ3) is 5.18. The van der Waals surface area contributed by atoms with Crippen LogP contribution in [0, 0.1) is 0 Å². The first-order valence-electron chi connectivity index (χ1n) is 9.36. The largest absolute Gasteiger partial charge is 0.495 e. The van der Waals surface area contributed by atoms with Gasteiger partial charge in [-0.05, 0) is 43.3 Å². The minimum atomic E-state index is -4.00. The maximum Gasteiger partial charge on any atom is 0.245 e. The number of methoxy groups -OCH3 is 1. The Morgan fingerprint density at radius 1 is 1.07 bits per heavy atom. The number of ether oxygens (including phenoxy) is 1. The van der Waals surface area contributed by atoms with E-state index in [1.807, 2.05) is 24.3 Å². The summed E-state index contributed by atoms with van der Waals surface area (Å²) in [6, 6.07) is 10.9. The highest BCUT2D eigenvalue weighted by Crippen LogP contribution is 2.27. The fourth-order valence-electron chi connectivity index (χ4n) is 3.34. The Kier molecular flexibility index (Phi) is 7.13. The number of nitrogens with one attached hydrogen (secondary N) is 1. The Balaban J connectivity index is 1.64. The molecule has 0 spiro atoms. The van der Waals surface area contributed by atoms with Crippen LogP contribution in [0.4, 0.5) is 5.69 Å². The highest BCUT2D eigenvalue weighted by atomic mass is 35.5. The Morgan fingerprint density at radius 3 is 2.37 bits per heavy atom. The van der Waals surface area contributed by atoms with Gasteiger partial charge < -0.3 is 14.5 Å². The van der Waals surface area contributed by atoms with E-state index >= 15 is 0 Å². The number of carbonyl (C=O) groups is 1. The van der Waals surface area contributed by atoms with Gasteiger partial charge in [-0.25, -0.2) is 8.42 Å². The first kappa shape index (κ1) is 22.7. The first-order valence-corrected chi connectivity index (χ1v) is 11.6. The molecular formula is C20H23Cl2N3O4S. The van der Waals surface area contributed by atoms with E-state index in [-0.39, 0.29) is 21.6 Å². The molecule has 0 bridgehead atoms. The summed E-state index contributed by atoms with van der Waals surface area (Å²) in [5.74, 6) is -0.132. The van der Waals surface area contributed by atoms with E-state index in [4.69, 9.17) is 27.9 Å². The lowest BCUT2D eigenvalue weighted by atomic mass is 10.2. The van der Waals surface area contributed by atoms with Crippen LogP contribution >= 0.6 is 23.2 Å². The van der Waals surface area contributed by atoms with E-state index in [1.165, 1.54) is 32.2 Å². The van der Waals surface area contributed by atoms with E-state index in [1.54, 1.807) is 4.90 Å². The molecule has 30 heavy (non-hydrogen) atoms. The second kappa shape index (κ2) is 9.43. The summed E-state index contributed by atoms with van der Waals surface area (Å²) in [5.41, 5.74) is 0.997. The molecule has 1 N–H and O–H groups in total. The molecule has 2 aromatic rings. The zero-order valence-electron chi connectivity index (χ0n) is 16.6. The van der Waals surface area contributed by atoms with Crippen molar-refractivity contribution in [1.82, 2.24) is 9.62 Å². The van der Waals surface area contributed by atoms with Gasteiger partial charge in [0.25, 0.3) is 0 Å². The van der Waals surface area contributed by atoms with Gasteiger partial charge in [0, 0.05) is 41.9 Å². The van der Waals surface area contributed by atoms with Crippen LogP contribution in [0.2, 0.25) is 10.0 Å². The minimum Gasteiger partial charge on any atom is -0.495 e. The van der Waals surface area contributed by atoms with Crippen molar-refractivity contribution in [3.63, 3.8) is 0 Å². The predicted molar refractivity (Wildman–Crippen MR) is 118 cm³/mol. The van der Waals surface area contributed by atoms with Crippen LogP contribution in [-0.2, 0) is 14.8 Å². The lowest BCUT2D eigenvalue weighted by Crippen LogP contribution is -2.54. The summed E-state index contributed by atoms with van der Waals surface area (Å²) < 4.78 is 33.1. The molecule has 0 aromatic heterocycles. The molecular weight excluding hydrogens is 449 g/mol. The average Bonchev–Trinajstić information content (AvgIpc) is 2.73. The van der Waals surface area contributed by atoms with Crippen molar-refractivity contribution in [2.45, 2.75) is 17.9 Å². The van der Waals surface area contributed by atoms with E-state index in [9.17, 15) is 13.2 Å². The van der Waals surface area contributed by atoms with Crippen LogP contribution in [0.25, 0.3) is 0 Å². The molecule has 1 atom stereocenters. The molecule has 1 heterocycles. The van der Waals surface area contributed by atoms with Crippen molar-refractivity contribution in [3.05, 3.63) is 52.5 Å². The molecule has 1 aliphatic heterocycles. The lowest BCUT2D eigenvalue weighted by molar-refractivity contribution is -0.132. The third-order valence-corrected chi connectivity index (χ3v) is 6.91. The maximum absolute atomic E-state index is 12.8. The summed E-state index contributed by atoms with van der Waals surface area (Å²) in [4.78, 5) is 16.5. The quantitative estimate of drug-likeness (QED) is 0.700. The van der Waals surface area contributed by atoms with Gasteiger partial charge in [-0.2, -0.15) is 4.72 Å². The number of hydrogen-bond acceptors (Lipinski definition) is 5. The summed E-state index contributed by atoms with van der Waals surface area (Å²) in [5, 5.41) is 0.915. The molecule has 0 aliphatic carbocycles. The molecule has 7 nitrogen and oxygen atoms in total. The van der Waals surface area contributed by atoms with E-state index < -0.39 is 16.1 Å². The van der Waals surface area contributed by atoms with Crippen LogP contribution in [-0.4, -0.2) is 58.6 Å². The highest BCUT2D eigenvalue weighted by Gasteiger charge is 2.30. The van der Waals surface area contributed by atoms with Gasteiger partial charge >= 0.3 is 0 Å². The Morgan fingerprint density at radius 2 is 1.73 bits per heavy atom. The first-order chi connectivity index (χ1) is 14.2. The molecule has 1 fully saturated rings. The van der Waals surface area contributed by atoms with Crippen molar-refractivity contribution in [2.24, 2.45) is 0 Å². The molecule has 1 aliphatic rings. The second-order valence-electron chi connectivity index (χ2n) is 6.93. The molecule has 3 rings (SSSR count). The number of rotatable bonds is 6. The molecule has 0 unspecified atom stereocenters. The maximum atomic E-state index is 12.8. The van der Waals surface area contributed by atoms with Crippen molar-refractivity contribution < 1.29 is 17.9 Å². The summed E-state index contributed by atoms with van der Waals surface area (Å²) in [7, 11) is -2.63. The third-order valence-electron chi connectivity index (χ3n) is 4.88. The van der Waals surface area contributed by atoms with Crippen LogP contribution < -0.4 is 14.4 Å². The van der Waals surface area contributed by atoms with Crippen LogP contribution in [0.5, 0.6) is 5.75 Å². The predicted octanol–water partition coefficient (Wildman–Crippen LogP) is 3.02. The lowest BCUT2D eigenvalue weighted by Gasteiger charge is -2.37. The fourth-order valence-corrected chi connectivity index (χ4v) is 5.15. The minimum absolute atomic E-state index is 0.108. The van der Waals surface area contributed by atoms with Crippen LogP contribution in [0.3, 0.4) is 0 Å². The number of carbonyl (C=O) groups excluding carboxylic acids is 1. The Bertz CT molecular complexity index is 1020. The SMILES string of the molecule is COc1ccc(Cl)cc1S(=O)(=O)N[C@H](C)C(=O)N1CCN(c2cccc(Cl)c2)CC1. The number of halogens is 2. The Labute approximate surface area is 186 Å². The average molecular weight is 472 g/mol. The van der Waals surface area contributed by atoms with Crippen LogP contribution in [0.1, 0.15) is 6.92 Å². The number of piperazine rings is 1. The number of hydrogen-bond donors (Lipinski definition) is 1. The molecule has 1 amide bonds. The van der Waals surface area contributed by atoms with E-state index in [0.29, 0.717) is 31.2 Å². The summed E-state index contributed by atoms with van der Waals surface area (Å²) >= 11 is 12.0. The second-order valence-corrected chi connectivity index (χ2v) is 9.49. The zero-order chi connectivity index (χ0) is 21.9. The van der Waals surface area contributed by atoms with Gasteiger partial charge in [-0.1, -0.05) is 29.3 Å². The number of sulfonamides is 1. The molecule has 2 aromatic carbocycles. The van der Waals surface area contributed by atoms with Crippen molar-refractivity contribution in [2.75, 3.05) is 38.2 Å². The smallest absolute Gasteiger partial charge is 0.245 e. The monoisotopic (exact) mass is 471 g/mol. The molecule has 1 saturated heterocycles. The summed E-state index contributed by atoms with van der Waals surface area (Å²) in [6.07, 6.45) is 0. The van der Waals surface area contributed by atoms with E-state index in [0.717, 1.165) is 5.69 Å². The molecule has 10 heteroatoms. The van der Waals surface area contributed by atoms with Crippen molar-refractivity contribution in [1.29, 1.82) is 0 Å². The van der Waals surface area contributed by atoms with Gasteiger partial charge in [0.2, 0.25) is 15.9 Å². The van der Waals surface area contributed by atoms with Gasteiger partial charge in [0.1, 0.15) is 10.6 Å². The van der Waals surface area contributed by atoms with Gasteiger partial charge in [0.05, 0.1) is 13.2 Å². The van der Waals surface area contributed by atoms with Gasteiger partial charge in [-0.15, -0.1) is 0 Å².